The van der Waals surface area contributed by atoms with Gasteiger partial charge in [-0.15, -0.1) is 0 Å². The van der Waals surface area contributed by atoms with Crippen LogP contribution in [0.2, 0.25) is 0 Å². The first-order valence-corrected chi connectivity index (χ1v) is 2.43. The predicted molar refractivity (Wildman–Crippen MR) is 26.4 cm³/mol. The second-order valence-electron chi connectivity index (χ2n) is 1.80. The van der Waals surface area contributed by atoms with Crippen LogP contribution in [0.25, 0.3) is 0 Å². The quantitative estimate of drug-likeness (QED) is 0.496. The van der Waals surface area contributed by atoms with Gasteiger partial charge in [-0.3, -0.25) is 9.59 Å². The van der Waals surface area contributed by atoms with Crippen LogP contribution in [0, 0.1) is 0 Å². The van der Waals surface area contributed by atoms with Gasteiger partial charge in [0.15, 0.2) is 0 Å². The molecule has 0 amide bonds. The fourth-order valence-corrected chi connectivity index (χ4v) is 0.326. The molecular weight excluding hydrogens is 197 g/mol. The Kier molecular flexibility index (Phi) is 5.70. The Morgan fingerprint density at radius 3 is 1.73 bits per heavy atom. The van der Waals surface area contributed by atoms with Crippen molar-refractivity contribution in [2.45, 2.75) is 19.5 Å². The van der Waals surface area contributed by atoms with Gasteiger partial charge in [-0.05, 0) is 6.92 Å². The van der Waals surface area contributed by atoms with Crippen molar-refractivity contribution in [2.24, 2.45) is 0 Å². The molecule has 2 nitrogen and oxygen atoms in total. The SMILES string of the molecule is CC(=O)CC(=O)C(F)(F)F.[Ti]. The molecule has 0 aromatic rings. The second kappa shape index (κ2) is 4.67. The summed E-state index contributed by atoms with van der Waals surface area (Å²) in [6.45, 7) is 0.934. The number of Topliss-reactive ketones (excluding diaryl/α,β-unsaturated/α-hetero) is 2. The molecule has 0 radical (unpaired) electrons. The first-order valence-electron chi connectivity index (χ1n) is 2.43. The summed E-state index contributed by atoms with van der Waals surface area (Å²) in [6, 6.07) is 0. The molecule has 0 rings (SSSR count). The topological polar surface area (TPSA) is 34.1 Å². The van der Waals surface area contributed by atoms with Crippen molar-refractivity contribution in [1.82, 2.24) is 0 Å². The Labute approximate surface area is 76.0 Å². The molecule has 0 aliphatic carbocycles. The van der Waals surface area contributed by atoms with Crippen molar-refractivity contribution < 1.29 is 44.5 Å². The molecule has 0 spiro atoms. The minimum atomic E-state index is -4.87. The summed E-state index contributed by atoms with van der Waals surface area (Å²) < 4.78 is 33.9. The fourth-order valence-electron chi connectivity index (χ4n) is 0.326. The van der Waals surface area contributed by atoms with E-state index in [2.05, 4.69) is 0 Å². The Morgan fingerprint density at radius 1 is 1.27 bits per heavy atom. The van der Waals surface area contributed by atoms with Gasteiger partial charge in [-0.2, -0.15) is 13.2 Å². The van der Waals surface area contributed by atoms with E-state index in [0.29, 0.717) is 0 Å². The van der Waals surface area contributed by atoms with E-state index in [-0.39, 0.29) is 21.7 Å². The molecule has 0 heterocycles. The Morgan fingerprint density at radius 2 is 1.64 bits per heavy atom. The monoisotopic (exact) mass is 202 g/mol. The Hall–Kier alpha value is -0.156. The third-order valence-corrected chi connectivity index (χ3v) is 0.726. The van der Waals surface area contributed by atoms with E-state index in [1.807, 2.05) is 0 Å². The Balaban J connectivity index is 0. The van der Waals surface area contributed by atoms with Crippen LogP contribution in [0.15, 0.2) is 0 Å². The van der Waals surface area contributed by atoms with Crippen molar-refractivity contribution >= 4 is 11.6 Å². The summed E-state index contributed by atoms with van der Waals surface area (Å²) in [5, 5.41) is 0. The third-order valence-electron chi connectivity index (χ3n) is 0.726. The van der Waals surface area contributed by atoms with Gasteiger partial charge in [0, 0.05) is 21.7 Å². The van der Waals surface area contributed by atoms with Crippen LogP contribution in [-0.4, -0.2) is 17.7 Å². The maximum Gasteiger partial charge on any atom is 0.450 e. The van der Waals surface area contributed by atoms with E-state index in [1.54, 1.807) is 0 Å². The summed E-state index contributed by atoms with van der Waals surface area (Å²) in [5.74, 6) is -2.76. The van der Waals surface area contributed by atoms with Gasteiger partial charge in [0.1, 0.15) is 5.78 Å². The zero-order valence-electron chi connectivity index (χ0n) is 5.66. The normalized spacial score (nSPS) is 10.2. The van der Waals surface area contributed by atoms with Crippen molar-refractivity contribution in [1.29, 1.82) is 0 Å². The molecule has 0 aliphatic rings. The number of alkyl halides is 3. The van der Waals surface area contributed by atoms with Crippen LogP contribution in [0.5, 0.6) is 0 Å². The summed E-state index contributed by atoms with van der Waals surface area (Å²) in [5.41, 5.74) is 0. The smallest absolute Gasteiger partial charge is 0.300 e. The molecule has 0 aromatic carbocycles. The number of rotatable bonds is 2. The van der Waals surface area contributed by atoms with Crippen molar-refractivity contribution in [2.75, 3.05) is 0 Å². The average molecular weight is 202 g/mol. The second-order valence-corrected chi connectivity index (χ2v) is 1.80. The van der Waals surface area contributed by atoms with Crippen LogP contribution in [0.3, 0.4) is 0 Å². The number of hydrogen-bond donors (Lipinski definition) is 0. The van der Waals surface area contributed by atoms with E-state index < -0.39 is 24.2 Å². The van der Waals surface area contributed by atoms with Gasteiger partial charge in [-0.25, -0.2) is 0 Å². The minimum absolute atomic E-state index is 0. The molecule has 11 heavy (non-hydrogen) atoms. The van der Waals surface area contributed by atoms with Crippen molar-refractivity contribution in [3.05, 3.63) is 0 Å². The third kappa shape index (κ3) is 6.25. The maximum atomic E-state index is 11.3. The molecule has 0 saturated heterocycles. The van der Waals surface area contributed by atoms with Crippen LogP contribution in [0.1, 0.15) is 13.3 Å². The van der Waals surface area contributed by atoms with Crippen molar-refractivity contribution in [3.8, 4) is 0 Å². The van der Waals surface area contributed by atoms with Gasteiger partial charge in [-0.1, -0.05) is 0 Å². The summed E-state index contributed by atoms with van der Waals surface area (Å²) in [7, 11) is 0. The van der Waals surface area contributed by atoms with Crippen LogP contribution < -0.4 is 0 Å². The number of halogens is 3. The van der Waals surface area contributed by atoms with Gasteiger partial charge in [0.2, 0.25) is 5.78 Å². The molecule has 0 atom stereocenters. The van der Waals surface area contributed by atoms with Crippen LogP contribution in [-0.2, 0) is 31.3 Å². The Bertz CT molecular complexity index is 164. The fraction of sp³-hybridized carbons (Fsp3) is 0.600. The zero-order valence-corrected chi connectivity index (χ0v) is 7.22. The molecule has 0 unspecified atom stereocenters. The van der Waals surface area contributed by atoms with Gasteiger partial charge >= 0.3 is 6.18 Å². The molecule has 0 fully saturated rings. The molecule has 62 valence electrons. The zero-order chi connectivity index (χ0) is 8.36. The molecule has 0 saturated carbocycles. The van der Waals surface area contributed by atoms with Gasteiger partial charge in [0.05, 0.1) is 6.42 Å². The number of ketones is 2. The molecule has 0 bridgehead atoms. The predicted octanol–water partition coefficient (Wildman–Crippen LogP) is 1.09. The number of carbonyl (C=O) groups is 2. The van der Waals surface area contributed by atoms with E-state index >= 15 is 0 Å². The number of carbonyl (C=O) groups excluding carboxylic acids is 2. The number of hydrogen-bond acceptors (Lipinski definition) is 2. The summed E-state index contributed by atoms with van der Waals surface area (Å²) in [6.07, 6.45) is -5.92. The largest absolute Gasteiger partial charge is 0.450 e. The summed E-state index contributed by atoms with van der Waals surface area (Å²) >= 11 is 0. The summed E-state index contributed by atoms with van der Waals surface area (Å²) in [4.78, 5) is 19.9. The maximum absolute atomic E-state index is 11.3. The minimum Gasteiger partial charge on any atom is -0.300 e. The van der Waals surface area contributed by atoms with E-state index in [0.717, 1.165) is 6.92 Å². The van der Waals surface area contributed by atoms with Crippen molar-refractivity contribution in [3.63, 3.8) is 0 Å². The van der Waals surface area contributed by atoms with Crippen LogP contribution >= 0.6 is 0 Å². The van der Waals surface area contributed by atoms with Gasteiger partial charge < -0.3 is 0 Å². The molecule has 6 heteroatoms. The first-order chi connectivity index (χ1) is 4.34. The van der Waals surface area contributed by atoms with Crippen LogP contribution in [0.4, 0.5) is 13.2 Å². The molecular formula is C5H5F3O2Ti. The van der Waals surface area contributed by atoms with E-state index in [9.17, 15) is 22.8 Å². The average Bonchev–Trinajstić information content (AvgIpc) is 1.60. The first kappa shape index (κ1) is 13.4. The molecule has 0 aliphatic heterocycles. The standard InChI is InChI=1S/C5H5F3O2.Ti/c1-3(9)2-4(10)5(6,7)8;/h2H2,1H3;. The van der Waals surface area contributed by atoms with E-state index in [1.165, 1.54) is 0 Å². The molecule has 0 N–H and O–H groups in total. The van der Waals surface area contributed by atoms with Gasteiger partial charge in [0.25, 0.3) is 0 Å². The molecule has 0 aromatic heterocycles. The van der Waals surface area contributed by atoms with E-state index in [4.69, 9.17) is 0 Å².